The lowest BCUT2D eigenvalue weighted by Gasteiger charge is -2.23. The van der Waals surface area contributed by atoms with Crippen LogP contribution in [0.2, 0.25) is 0 Å². The van der Waals surface area contributed by atoms with Crippen LogP contribution in [0.5, 0.6) is 0 Å². The number of nitrogens with one attached hydrogen (secondary N) is 1. The number of hydrogen-bond acceptors (Lipinski definition) is 3. The lowest BCUT2D eigenvalue weighted by molar-refractivity contribution is 0.218. The fourth-order valence-corrected chi connectivity index (χ4v) is 3.62. The van der Waals surface area contributed by atoms with Crippen LogP contribution in [0.4, 0.5) is 0 Å². The molecule has 2 nitrogen and oxygen atoms in total. The summed E-state index contributed by atoms with van der Waals surface area (Å²) >= 11 is 1.97. The first kappa shape index (κ1) is 17.5. The number of hydrogen-bond donors (Lipinski definition) is 1. The average Bonchev–Trinajstić information content (AvgIpc) is 2.38. The molecule has 0 spiro atoms. The molecule has 20 heavy (non-hydrogen) atoms. The second-order valence-electron chi connectivity index (χ2n) is 5.39. The maximum Gasteiger partial charge on any atom is 0.0552 e. The van der Waals surface area contributed by atoms with E-state index in [-0.39, 0.29) is 0 Å². The molecule has 1 aromatic carbocycles. The van der Waals surface area contributed by atoms with Gasteiger partial charge in [-0.25, -0.2) is 0 Å². The highest BCUT2D eigenvalue weighted by atomic mass is 32.2. The molecule has 3 heteroatoms. The van der Waals surface area contributed by atoms with E-state index in [2.05, 4.69) is 45.1 Å². The Morgan fingerprint density at radius 3 is 2.40 bits per heavy atom. The van der Waals surface area contributed by atoms with E-state index in [0.29, 0.717) is 6.04 Å². The lowest BCUT2D eigenvalue weighted by atomic mass is 9.95. The van der Waals surface area contributed by atoms with Gasteiger partial charge in [0, 0.05) is 24.7 Å². The van der Waals surface area contributed by atoms with Gasteiger partial charge in [0.25, 0.3) is 0 Å². The molecular formula is C17H29NOS. The molecule has 0 amide bonds. The SMILES string of the molecule is CCCNC(CSCCOC)c1c(C)cc(C)cc1C. The topological polar surface area (TPSA) is 21.3 Å². The molecule has 0 saturated carbocycles. The summed E-state index contributed by atoms with van der Waals surface area (Å²) < 4.78 is 5.13. The third kappa shape index (κ3) is 5.47. The molecule has 0 aromatic heterocycles. The van der Waals surface area contributed by atoms with Gasteiger partial charge in [-0.2, -0.15) is 11.8 Å². The normalized spacial score (nSPS) is 12.7. The van der Waals surface area contributed by atoms with Crippen LogP contribution >= 0.6 is 11.8 Å². The van der Waals surface area contributed by atoms with Gasteiger partial charge in [0.1, 0.15) is 0 Å². The Labute approximate surface area is 128 Å². The Morgan fingerprint density at radius 2 is 1.85 bits per heavy atom. The van der Waals surface area contributed by atoms with E-state index in [4.69, 9.17) is 4.74 Å². The minimum Gasteiger partial charge on any atom is -0.384 e. The zero-order valence-electron chi connectivity index (χ0n) is 13.6. The summed E-state index contributed by atoms with van der Waals surface area (Å²) in [7, 11) is 1.77. The number of rotatable bonds is 9. The predicted molar refractivity (Wildman–Crippen MR) is 90.9 cm³/mol. The van der Waals surface area contributed by atoms with E-state index in [1.54, 1.807) is 7.11 Å². The van der Waals surface area contributed by atoms with Gasteiger partial charge >= 0.3 is 0 Å². The molecule has 0 saturated heterocycles. The van der Waals surface area contributed by atoms with Crippen LogP contribution in [0.3, 0.4) is 0 Å². The van der Waals surface area contributed by atoms with Crippen LogP contribution in [0.25, 0.3) is 0 Å². The molecule has 0 bridgehead atoms. The van der Waals surface area contributed by atoms with Gasteiger partial charge in [0.05, 0.1) is 6.61 Å². The van der Waals surface area contributed by atoms with Crippen LogP contribution in [-0.2, 0) is 4.74 Å². The van der Waals surface area contributed by atoms with Crippen molar-refractivity contribution in [3.63, 3.8) is 0 Å². The fraction of sp³-hybridized carbons (Fsp3) is 0.647. The number of aryl methyl sites for hydroxylation is 3. The van der Waals surface area contributed by atoms with E-state index in [1.165, 1.54) is 28.7 Å². The quantitative estimate of drug-likeness (QED) is 0.695. The summed E-state index contributed by atoms with van der Waals surface area (Å²) in [5, 5.41) is 3.70. The van der Waals surface area contributed by atoms with Crippen LogP contribution in [0, 0.1) is 20.8 Å². The van der Waals surface area contributed by atoms with Crippen molar-refractivity contribution in [2.24, 2.45) is 0 Å². The van der Waals surface area contributed by atoms with Gasteiger partial charge in [-0.05, 0) is 50.4 Å². The average molecular weight is 295 g/mol. The van der Waals surface area contributed by atoms with Gasteiger partial charge in [0.15, 0.2) is 0 Å². The molecule has 1 atom stereocenters. The molecular weight excluding hydrogens is 266 g/mol. The highest BCUT2D eigenvalue weighted by molar-refractivity contribution is 7.99. The highest BCUT2D eigenvalue weighted by Crippen LogP contribution is 2.26. The summed E-state index contributed by atoms with van der Waals surface area (Å²) in [5.41, 5.74) is 5.64. The molecule has 0 aliphatic carbocycles. The monoisotopic (exact) mass is 295 g/mol. The maximum absolute atomic E-state index is 5.13. The number of methoxy groups -OCH3 is 1. The molecule has 1 unspecified atom stereocenters. The molecule has 0 radical (unpaired) electrons. The van der Waals surface area contributed by atoms with Crippen molar-refractivity contribution in [3.05, 3.63) is 34.4 Å². The summed E-state index contributed by atoms with van der Waals surface area (Å²) in [5.74, 6) is 2.17. The Balaban J connectivity index is 2.81. The zero-order valence-corrected chi connectivity index (χ0v) is 14.4. The Hall–Kier alpha value is -0.510. The number of thioether (sulfide) groups is 1. The summed E-state index contributed by atoms with van der Waals surface area (Å²) in [4.78, 5) is 0. The van der Waals surface area contributed by atoms with E-state index in [1.807, 2.05) is 11.8 Å². The van der Waals surface area contributed by atoms with Gasteiger partial charge in [-0.3, -0.25) is 0 Å². The van der Waals surface area contributed by atoms with E-state index >= 15 is 0 Å². The first-order chi connectivity index (χ1) is 9.60. The van der Waals surface area contributed by atoms with Gasteiger partial charge in [-0.1, -0.05) is 24.6 Å². The Morgan fingerprint density at radius 1 is 1.20 bits per heavy atom. The largest absolute Gasteiger partial charge is 0.384 e. The molecule has 1 N–H and O–H groups in total. The molecule has 0 aliphatic heterocycles. The Kier molecular flexibility index (Phi) is 8.27. The third-order valence-corrected chi connectivity index (χ3v) is 4.47. The van der Waals surface area contributed by atoms with Crippen molar-refractivity contribution in [2.75, 3.05) is 31.8 Å². The van der Waals surface area contributed by atoms with Gasteiger partial charge in [0.2, 0.25) is 0 Å². The summed E-state index contributed by atoms with van der Waals surface area (Å²) in [6.45, 7) is 10.8. The zero-order chi connectivity index (χ0) is 15.0. The smallest absolute Gasteiger partial charge is 0.0552 e. The van der Waals surface area contributed by atoms with E-state index in [9.17, 15) is 0 Å². The third-order valence-electron chi connectivity index (χ3n) is 3.44. The molecule has 1 aromatic rings. The van der Waals surface area contributed by atoms with E-state index in [0.717, 1.165) is 24.7 Å². The summed E-state index contributed by atoms with van der Waals surface area (Å²) in [6.07, 6.45) is 1.17. The molecule has 0 heterocycles. The highest BCUT2D eigenvalue weighted by Gasteiger charge is 2.16. The Bertz CT molecular complexity index is 383. The molecule has 114 valence electrons. The van der Waals surface area contributed by atoms with Crippen molar-refractivity contribution in [2.45, 2.75) is 40.2 Å². The predicted octanol–water partition coefficient (Wildman–Crippen LogP) is 4.03. The van der Waals surface area contributed by atoms with Crippen molar-refractivity contribution in [3.8, 4) is 0 Å². The number of benzene rings is 1. The van der Waals surface area contributed by atoms with E-state index < -0.39 is 0 Å². The van der Waals surface area contributed by atoms with Crippen molar-refractivity contribution in [1.82, 2.24) is 5.32 Å². The minimum atomic E-state index is 0.442. The standard InChI is InChI=1S/C17H29NOS/c1-6-7-18-16(12-20-9-8-19-5)17-14(3)10-13(2)11-15(17)4/h10-11,16,18H,6-9,12H2,1-5H3. The maximum atomic E-state index is 5.13. The first-order valence-corrected chi connectivity index (χ1v) is 8.63. The summed E-state index contributed by atoms with van der Waals surface area (Å²) in [6, 6.07) is 5.03. The molecule has 0 fully saturated rings. The first-order valence-electron chi connectivity index (χ1n) is 7.48. The van der Waals surface area contributed by atoms with Crippen LogP contribution < -0.4 is 5.32 Å². The lowest BCUT2D eigenvalue weighted by Crippen LogP contribution is -2.26. The van der Waals surface area contributed by atoms with Crippen LogP contribution in [0.15, 0.2) is 12.1 Å². The molecule has 0 aliphatic rings. The molecule has 1 rings (SSSR count). The fourth-order valence-electron chi connectivity index (χ4n) is 2.65. The number of ether oxygens (including phenoxy) is 1. The van der Waals surface area contributed by atoms with Gasteiger partial charge in [-0.15, -0.1) is 0 Å². The van der Waals surface area contributed by atoms with Crippen LogP contribution in [-0.4, -0.2) is 31.8 Å². The van der Waals surface area contributed by atoms with Crippen molar-refractivity contribution >= 4 is 11.8 Å². The van der Waals surface area contributed by atoms with Crippen LogP contribution in [0.1, 0.15) is 41.6 Å². The van der Waals surface area contributed by atoms with Crippen molar-refractivity contribution in [1.29, 1.82) is 0 Å². The van der Waals surface area contributed by atoms with Gasteiger partial charge < -0.3 is 10.1 Å². The van der Waals surface area contributed by atoms with Crippen molar-refractivity contribution < 1.29 is 4.74 Å². The minimum absolute atomic E-state index is 0.442. The second-order valence-corrected chi connectivity index (χ2v) is 6.54. The second kappa shape index (κ2) is 9.43.